The molecule has 1 heterocycles. The zero-order valence-corrected chi connectivity index (χ0v) is 11.9. The third kappa shape index (κ3) is 6.35. The Kier molecular flexibility index (Phi) is 7.14. The Morgan fingerprint density at radius 3 is 2.89 bits per heavy atom. The molecule has 0 aliphatic heterocycles. The molecule has 3 N–H and O–H groups in total. The summed E-state index contributed by atoms with van der Waals surface area (Å²) < 4.78 is 4.88. The number of hydrogen-bond acceptors (Lipinski definition) is 4. The Bertz CT molecular complexity index is 393. The van der Waals surface area contributed by atoms with Crippen LogP contribution in [-0.2, 0) is 20.7 Å². The van der Waals surface area contributed by atoms with Gasteiger partial charge in [-0.05, 0) is 30.7 Å². The van der Waals surface area contributed by atoms with Crippen molar-refractivity contribution in [2.45, 2.75) is 31.7 Å². The fraction of sp³-hybridized carbons (Fsp3) is 0.538. The third-order valence-electron chi connectivity index (χ3n) is 2.70. The summed E-state index contributed by atoms with van der Waals surface area (Å²) in [5.41, 5.74) is 5.22. The molecule has 0 saturated carbocycles. The number of carbonyl (C=O) groups is 2. The van der Waals surface area contributed by atoms with Crippen molar-refractivity contribution in [2.24, 2.45) is 5.73 Å². The van der Waals surface area contributed by atoms with Crippen molar-refractivity contribution < 1.29 is 14.3 Å². The number of nitrogens with one attached hydrogen (secondary N) is 1. The van der Waals surface area contributed by atoms with Gasteiger partial charge < -0.3 is 15.8 Å². The molecule has 0 radical (unpaired) electrons. The highest BCUT2D eigenvalue weighted by Crippen LogP contribution is 2.11. The molecule has 0 aromatic carbocycles. The van der Waals surface area contributed by atoms with Crippen LogP contribution in [0, 0.1) is 0 Å². The minimum atomic E-state index is -0.644. The molecule has 0 bridgehead atoms. The van der Waals surface area contributed by atoms with Crippen molar-refractivity contribution >= 4 is 23.2 Å². The highest BCUT2D eigenvalue weighted by Gasteiger charge is 2.17. The summed E-state index contributed by atoms with van der Waals surface area (Å²) in [6.45, 7) is 0.392. The maximum atomic E-state index is 11.7. The minimum Gasteiger partial charge on any atom is -0.385 e. The van der Waals surface area contributed by atoms with Gasteiger partial charge in [0.25, 0.3) is 0 Å². The number of hydrogen-bond donors (Lipinski definition) is 2. The summed E-state index contributed by atoms with van der Waals surface area (Å²) in [6, 6.07) is 3.40. The lowest BCUT2D eigenvalue weighted by Gasteiger charge is -2.14. The van der Waals surface area contributed by atoms with E-state index in [9.17, 15) is 9.59 Å². The van der Waals surface area contributed by atoms with Crippen LogP contribution in [0.4, 0.5) is 0 Å². The Hall–Kier alpha value is -1.40. The predicted octanol–water partition coefficient (Wildman–Crippen LogP) is 1.08. The van der Waals surface area contributed by atoms with Crippen LogP contribution in [0.2, 0.25) is 0 Å². The molecule has 1 rings (SSSR count). The molecule has 1 aromatic heterocycles. The van der Waals surface area contributed by atoms with Gasteiger partial charge in [-0.3, -0.25) is 9.59 Å². The van der Waals surface area contributed by atoms with Gasteiger partial charge in [-0.2, -0.15) is 0 Å². The van der Waals surface area contributed by atoms with E-state index >= 15 is 0 Å². The Labute approximate surface area is 117 Å². The van der Waals surface area contributed by atoms with E-state index in [-0.39, 0.29) is 5.91 Å². The van der Waals surface area contributed by atoms with E-state index < -0.39 is 11.9 Å². The summed E-state index contributed by atoms with van der Waals surface area (Å²) in [5, 5.41) is 4.66. The van der Waals surface area contributed by atoms with E-state index in [2.05, 4.69) is 5.32 Å². The summed E-state index contributed by atoms with van der Waals surface area (Å²) in [5.74, 6) is -0.667. The molecule has 2 amide bonds. The number of amides is 2. The summed E-state index contributed by atoms with van der Waals surface area (Å²) in [4.78, 5) is 24.1. The SMILES string of the molecule is COCC[C@@H](NC(=O)CCCc1cccs1)C(N)=O. The molecule has 1 aromatic rings. The average Bonchev–Trinajstić information content (AvgIpc) is 2.87. The van der Waals surface area contributed by atoms with Gasteiger partial charge in [-0.15, -0.1) is 11.3 Å². The average molecular weight is 284 g/mol. The van der Waals surface area contributed by atoms with E-state index in [0.717, 1.165) is 12.8 Å². The first-order chi connectivity index (χ1) is 9.13. The molecule has 0 aliphatic carbocycles. The molecule has 0 saturated heterocycles. The van der Waals surface area contributed by atoms with Crippen LogP contribution in [0.15, 0.2) is 17.5 Å². The molecule has 0 fully saturated rings. The Morgan fingerprint density at radius 1 is 1.53 bits per heavy atom. The molecule has 6 heteroatoms. The van der Waals surface area contributed by atoms with Crippen LogP contribution >= 0.6 is 11.3 Å². The first-order valence-electron chi connectivity index (χ1n) is 6.23. The lowest BCUT2D eigenvalue weighted by atomic mass is 10.1. The number of methoxy groups -OCH3 is 1. The number of nitrogens with two attached hydrogens (primary N) is 1. The number of rotatable bonds is 9. The van der Waals surface area contributed by atoms with Crippen LogP contribution in [0.5, 0.6) is 0 Å². The van der Waals surface area contributed by atoms with Crippen molar-refractivity contribution in [1.82, 2.24) is 5.32 Å². The number of thiophene rings is 1. The Balaban J connectivity index is 2.25. The van der Waals surface area contributed by atoms with Gasteiger partial charge in [0.15, 0.2) is 0 Å². The monoisotopic (exact) mass is 284 g/mol. The topological polar surface area (TPSA) is 81.4 Å². The number of ether oxygens (including phenoxy) is 1. The highest BCUT2D eigenvalue weighted by molar-refractivity contribution is 7.09. The van der Waals surface area contributed by atoms with Gasteiger partial charge in [0, 0.05) is 25.0 Å². The molecule has 5 nitrogen and oxygen atoms in total. The largest absolute Gasteiger partial charge is 0.385 e. The fourth-order valence-corrected chi connectivity index (χ4v) is 2.42. The van der Waals surface area contributed by atoms with E-state index in [4.69, 9.17) is 10.5 Å². The normalized spacial score (nSPS) is 12.1. The van der Waals surface area contributed by atoms with Crippen LogP contribution in [0.25, 0.3) is 0 Å². The van der Waals surface area contributed by atoms with Crippen molar-refractivity contribution in [3.8, 4) is 0 Å². The fourth-order valence-electron chi connectivity index (χ4n) is 1.67. The van der Waals surface area contributed by atoms with Gasteiger partial charge in [-0.25, -0.2) is 0 Å². The summed E-state index contributed by atoms with van der Waals surface area (Å²) in [7, 11) is 1.54. The van der Waals surface area contributed by atoms with Crippen LogP contribution in [0.1, 0.15) is 24.1 Å². The van der Waals surface area contributed by atoms with Crippen LogP contribution in [0.3, 0.4) is 0 Å². The second-order valence-corrected chi connectivity index (χ2v) is 5.27. The molecular weight excluding hydrogens is 264 g/mol. The molecule has 0 aliphatic rings. The molecule has 0 unspecified atom stereocenters. The lowest BCUT2D eigenvalue weighted by molar-refractivity contribution is -0.127. The van der Waals surface area contributed by atoms with Crippen molar-refractivity contribution in [1.29, 1.82) is 0 Å². The second kappa shape index (κ2) is 8.66. The van der Waals surface area contributed by atoms with Gasteiger partial charge in [-0.1, -0.05) is 6.07 Å². The first-order valence-corrected chi connectivity index (χ1v) is 7.11. The molecular formula is C13H20N2O3S. The van der Waals surface area contributed by atoms with E-state index in [1.807, 2.05) is 17.5 Å². The third-order valence-corrected chi connectivity index (χ3v) is 3.63. The Morgan fingerprint density at radius 2 is 2.32 bits per heavy atom. The molecule has 0 spiro atoms. The maximum Gasteiger partial charge on any atom is 0.240 e. The van der Waals surface area contributed by atoms with E-state index in [1.54, 1.807) is 18.4 Å². The van der Waals surface area contributed by atoms with Crippen molar-refractivity contribution in [2.75, 3.05) is 13.7 Å². The summed E-state index contributed by atoms with van der Waals surface area (Å²) >= 11 is 1.68. The van der Waals surface area contributed by atoms with Crippen LogP contribution in [-0.4, -0.2) is 31.6 Å². The lowest BCUT2D eigenvalue weighted by Crippen LogP contribution is -2.45. The maximum absolute atomic E-state index is 11.7. The van der Waals surface area contributed by atoms with Gasteiger partial charge in [0.05, 0.1) is 0 Å². The van der Waals surface area contributed by atoms with E-state index in [1.165, 1.54) is 4.88 Å². The summed E-state index contributed by atoms with van der Waals surface area (Å²) in [6.07, 6.45) is 2.45. The second-order valence-electron chi connectivity index (χ2n) is 4.24. The first kappa shape index (κ1) is 15.7. The van der Waals surface area contributed by atoms with Gasteiger partial charge in [0.2, 0.25) is 11.8 Å². The highest BCUT2D eigenvalue weighted by atomic mass is 32.1. The zero-order chi connectivity index (χ0) is 14.1. The molecule has 1 atom stereocenters. The van der Waals surface area contributed by atoms with Crippen molar-refractivity contribution in [3.63, 3.8) is 0 Å². The van der Waals surface area contributed by atoms with E-state index in [0.29, 0.717) is 19.4 Å². The number of aryl methyl sites for hydroxylation is 1. The zero-order valence-electron chi connectivity index (χ0n) is 11.1. The quantitative estimate of drug-likeness (QED) is 0.712. The molecule has 106 valence electrons. The van der Waals surface area contributed by atoms with Gasteiger partial charge in [0.1, 0.15) is 6.04 Å². The standard InChI is InChI=1S/C13H20N2O3S/c1-18-8-7-11(13(14)17)15-12(16)6-2-4-10-5-3-9-19-10/h3,5,9,11H,2,4,6-8H2,1H3,(H2,14,17)(H,15,16)/t11-/m1/s1. The van der Waals surface area contributed by atoms with Gasteiger partial charge >= 0.3 is 0 Å². The molecule has 19 heavy (non-hydrogen) atoms. The number of carbonyl (C=O) groups excluding carboxylic acids is 2. The van der Waals surface area contributed by atoms with Crippen LogP contribution < -0.4 is 11.1 Å². The predicted molar refractivity (Wildman–Crippen MR) is 74.9 cm³/mol. The smallest absolute Gasteiger partial charge is 0.240 e. The minimum absolute atomic E-state index is 0.142. The van der Waals surface area contributed by atoms with Crippen molar-refractivity contribution in [3.05, 3.63) is 22.4 Å². The number of primary amides is 1.